The molecular weight excluding hydrogens is 240 g/mol. The van der Waals surface area contributed by atoms with Crippen molar-refractivity contribution in [3.63, 3.8) is 0 Å². The van der Waals surface area contributed by atoms with E-state index < -0.39 is 6.04 Å². The van der Waals surface area contributed by atoms with Crippen LogP contribution in [0.1, 0.15) is 26.3 Å². The van der Waals surface area contributed by atoms with Gasteiger partial charge in [-0.25, -0.2) is 0 Å². The lowest BCUT2D eigenvalue weighted by atomic mass is 9.99. The first-order chi connectivity index (χ1) is 9.04. The minimum absolute atomic E-state index is 0.0181. The maximum atomic E-state index is 12.5. The third kappa shape index (κ3) is 2.62. The minimum Gasteiger partial charge on any atom is -0.342 e. The van der Waals surface area contributed by atoms with Crippen LogP contribution in [-0.4, -0.2) is 24.4 Å². The zero-order valence-electron chi connectivity index (χ0n) is 11.6. The van der Waals surface area contributed by atoms with Gasteiger partial charge in [-0.3, -0.25) is 9.59 Å². The van der Waals surface area contributed by atoms with E-state index in [9.17, 15) is 9.59 Å². The van der Waals surface area contributed by atoms with Crippen LogP contribution in [0.2, 0.25) is 0 Å². The molecule has 19 heavy (non-hydrogen) atoms. The Labute approximate surface area is 113 Å². The average Bonchev–Trinajstić information content (AvgIpc) is 2.40. The lowest BCUT2D eigenvalue weighted by molar-refractivity contribution is -0.132. The topological polar surface area (TPSA) is 49.4 Å². The van der Waals surface area contributed by atoms with Crippen molar-refractivity contribution in [2.75, 3.05) is 11.4 Å². The number of hydrogen-bond acceptors (Lipinski definition) is 2. The summed E-state index contributed by atoms with van der Waals surface area (Å²) in [6, 6.07) is 7.34. The largest absolute Gasteiger partial charge is 0.342 e. The first-order valence-electron chi connectivity index (χ1n) is 6.73. The van der Waals surface area contributed by atoms with Crippen molar-refractivity contribution in [1.29, 1.82) is 0 Å². The van der Waals surface area contributed by atoms with E-state index in [0.717, 1.165) is 17.7 Å². The molecule has 102 valence electrons. The van der Waals surface area contributed by atoms with E-state index in [2.05, 4.69) is 5.32 Å². The number of aryl methyl sites for hydroxylation is 1. The van der Waals surface area contributed by atoms with Gasteiger partial charge in [-0.05, 0) is 24.0 Å². The number of anilines is 1. The van der Waals surface area contributed by atoms with E-state index in [1.165, 1.54) is 0 Å². The van der Waals surface area contributed by atoms with Crippen LogP contribution < -0.4 is 10.2 Å². The quantitative estimate of drug-likeness (QED) is 0.900. The van der Waals surface area contributed by atoms with Crippen molar-refractivity contribution in [1.82, 2.24) is 5.32 Å². The highest BCUT2D eigenvalue weighted by Crippen LogP contribution is 2.24. The van der Waals surface area contributed by atoms with Crippen LogP contribution in [0.15, 0.2) is 24.3 Å². The van der Waals surface area contributed by atoms with E-state index >= 15 is 0 Å². The monoisotopic (exact) mass is 260 g/mol. The Hall–Kier alpha value is -1.84. The smallest absolute Gasteiger partial charge is 0.250 e. The molecule has 1 aromatic rings. The second-order valence-corrected chi connectivity index (χ2v) is 5.20. The third-order valence-electron chi connectivity index (χ3n) is 3.48. The number of para-hydroxylation sites is 1. The number of amides is 2. The Morgan fingerprint density at radius 1 is 1.32 bits per heavy atom. The molecule has 0 aliphatic carbocycles. The Morgan fingerprint density at radius 2 is 2.00 bits per heavy atom. The van der Waals surface area contributed by atoms with Gasteiger partial charge in [0.25, 0.3) is 0 Å². The molecule has 4 heteroatoms. The molecule has 1 heterocycles. The molecule has 2 amide bonds. The van der Waals surface area contributed by atoms with Crippen LogP contribution in [0.25, 0.3) is 0 Å². The minimum atomic E-state index is -0.425. The van der Waals surface area contributed by atoms with Gasteiger partial charge < -0.3 is 10.2 Å². The summed E-state index contributed by atoms with van der Waals surface area (Å²) < 4.78 is 0. The summed E-state index contributed by atoms with van der Waals surface area (Å²) in [6.07, 6.45) is 0.841. The molecular formula is C15H20N2O2. The fraction of sp³-hybridized carbons (Fsp3) is 0.467. The zero-order chi connectivity index (χ0) is 14.0. The second-order valence-electron chi connectivity index (χ2n) is 5.20. The molecule has 0 radical (unpaired) electrons. The Balaban J connectivity index is 2.37. The SMILES string of the molecule is CCc1ccccc1N1CC(=O)NC(C(C)C)C1=O. The van der Waals surface area contributed by atoms with Gasteiger partial charge in [0.05, 0.1) is 0 Å². The molecule has 1 fully saturated rings. The van der Waals surface area contributed by atoms with Gasteiger partial charge in [-0.1, -0.05) is 39.0 Å². The number of carbonyl (C=O) groups is 2. The molecule has 0 spiro atoms. The van der Waals surface area contributed by atoms with Crippen LogP contribution in [0.5, 0.6) is 0 Å². The summed E-state index contributed by atoms with van der Waals surface area (Å²) in [7, 11) is 0. The first-order valence-corrected chi connectivity index (χ1v) is 6.73. The van der Waals surface area contributed by atoms with Crippen molar-refractivity contribution < 1.29 is 9.59 Å². The number of hydrogen-bond donors (Lipinski definition) is 1. The van der Waals surface area contributed by atoms with Gasteiger partial charge in [-0.2, -0.15) is 0 Å². The van der Waals surface area contributed by atoms with Gasteiger partial charge in [-0.15, -0.1) is 0 Å². The highest BCUT2D eigenvalue weighted by atomic mass is 16.2. The highest BCUT2D eigenvalue weighted by Gasteiger charge is 2.35. The summed E-state index contributed by atoms with van der Waals surface area (Å²) in [6.45, 7) is 6.04. The van der Waals surface area contributed by atoms with Gasteiger partial charge in [0.2, 0.25) is 11.8 Å². The summed E-state index contributed by atoms with van der Waals surface area (Å²) in [4.78, 5) is 25.9. The van der Waals surface area contributed by atoms with E-state index in [1.54, 1.807) is 4.90 Å². The highest BCUT2D eigenvalue weighted by molar-refractivity contribution is 6.07. The number of benzene rings is 1. The second kappa shape index (κ2) is 5.43. The van der Waals surface area contributed by atoms with Crippen molar-refractivity contribution in [2.24, 2.45) is 5.92 Å². The van der Waals surface area contributed by atoms with Crippen molar-refractivity contribution >= 4 is 17.5 Å². The number of nitrogens with one attached hydrogen (secondary N) is 1. The predicted molar refractivity (Wildman–Crippen MR) is 74.9 cm³/mol. The van der Waals surface area contributed by atoms with Crippen LogP contribution in [0, 0.1) is 5.92 Å². The molecule has 4 nitrogen and oxygen atoms in total. The van der Waals surface area contributed by atoms with Crippen LogP contribution in [0.3, 0.4) is 0 Å². The molecule has 1 unspecified atom stereocenters. The molecule has 2 rings (SSSR count). The fourth-order valence-corrected chi connectivity index (χ4v) is 2.40. The maximum Gasteiger partial charge on any atom is 0.250 e. The molecule has 1 aliphatic rings. The summed E-state index contributed by atoms with van der Waals surface area (Å²) in [5.74, 6) is -0.0206. The zero-order valence-corrected chi connectivity index (χ0v) is 11.6. The van der Waals surface area contributed by atoms with Gasteiger partial charge in [0.1, 0.15) is 12.6 Å². The lowest BCUT2D eigenvalue weighted by Gasteiger charge is -2.35. The van der Waals surface area contributed by atoms with E-state index in [1.807, 2.05) is 45.0 Å². The third-order valence-corrected chi connectivity index (χ3v) is 3.48. The summed E-state index contributed by atoms with van der Waals surface area (Å²) >= 11 is 0. The van der Waals surface area contributed by atoms with E-state index in [4.69, 9.17) is 0 Å². The van der Waals surface area contributed by atoms with Gasteiger partial charge in [0.15, 0.2) is 0 Å². The van der Waals surface area contributed by atoms with Crippen molar-refractivity contribution in [2.45, 2.75) is 33.2 Å². The number of nitrogens with zero attached hydrogens (tertiary/aromatic N) is 1. The van der Waals surface area contributed by atoms with Crippen LogP contribution in [0.4, 0.5) is 5.69 Å². The van der Waals surface area contributed by atoms with Crippen LogP contribution in [-0.2, 0) is 16.0 Å². The molecule has 0 aromatic heterocycles. The number of rotatable bonds is 3. The molecule has 1 saturated heterocycles. The molecule has 1 N–H and O–H groups in total. The Kier molecular flexibility index (Phi) is 3.88. The Morgan fingerprint density at radius 3 is 2.63 bits per heavy atom. The van der Waals surface area contributed by atoms with Crippen molar-refractivity contribution in [3.8, 4) is 0 Å². The molecule has 1 aliphatic heterocycles. The molecule has 0 bridgehead atoms. The van der Waals surface area contributed by atoms with E-state index in [0.29, 0.717) is 0 Å². The standard InChI is InChI=1S/C15H20N2O2/c1-4-11-7-5-6-8-12(11)17-9-13(18)16-14(10(2)3)15(17)19/h5-8,10,14H,4,9H2,1-3H3,(H,16,18). The lowest BCUT2D eigenvalue weighted by Crippen LogP contribution is -2.60. The molecule has 1 atom stereocenters. The average molecular weight is 260 g/mol. The fourth-order valence-electron chi connectivity index (χ4n) is 2.40. The molecule has 1 aromatic carbocycles. The van der Waals surface area contributed by atoms with Gasteiger partial charge >= 0.3 is 0 Å². The Bertz CT molecular complexity index is 497. The predicted octanol–water partition coefficient (Wildman–Crippen LogP) is 1.74. The summed E-state index contributed by atoms with van der Waals surface area (Å²) in [5, 5.41) is 2.77. The number of piperazine rings is 1. The molecule has 0 saturated carbocycles. The van der Waals surface area contributed by atoms with Crippen LogP contribution >= 0.6 is 0 Å². The van der Waals surface area contributed by atoms with Gasteiger partial charge in [0, 0.05) is 5.69 Å². The number of carbonyl (C=O) groups excluding carboxylic acids is 2. The summed E-state index contributed by atoms with van der Waals surface area (Å²) in [5.41, 5.74) is 1.95. The maximum absolute atomic E-state index is 12.5. The van der Waals surface area contributed by atoms with E-state index in [-0.39, 0.29) is 24.3 Å². The normalized spacial score (nSPS) is 19.8. The van der Waals surface area contributed by atoms with Crippen molar-refractivity contribution in [3.05, 3.63) is 29.8 Å². The first kappa shape index (κ1) is 13.6.